The highest BCUT2D eigenvalue weighted by atomic mass is 16.7. The molecule has 3 aromatic carbocycles. The van der Waals surface area contributed by atoms with E-state index in [4.69, 9.17) is 9.57 Å². The summed E-state index contributed by atoms with van der Waals surface area (Å²) in [5.74, 6) is -0.141. The summed E-state index contributed by atoms with van der Waals surface area (Å²) >= 11 is 0. The fraction of sp³-hybridized carbons (Fsp3) is 0.292. The maximum atomic E-state index is 13.1. The average Bonchev–Trinajstić information content (AvgIpc) is 2.94. The topological polar surface area (TPSA) is 167 Å². The van der Waals surface area contributed by atoms with Crippen LogP contribution in [0, 0.1) is 25.4 Å². The van der Waals surface area contributed by atoms with Gasteiger partial charge in [0.05, 0.1) is 47.0 Å². The number of non-ortho nitro benzene ring substituents is 1. The van der Waals surface area contributed by atoms with Crippen LogP contribution in [0.5, 0.6) is 11.5 Å². The van der Waals surface area contributed by atoms with Gasteiger partial charge in [-0.1, -0.05) is 24.3 Å². The molecule has 1 fully saturated rings. The van der Waals surface area contributed by atoms with Crippen LogP contribution in [0.2, 0.25) is 0 Å². The molecular weight excluding hydrogens is 500 g/mol. The van der Waals surface area contributed by atoms with E-state index >= 15 is 0 Å². The van der Waals surface area contributed by atoms with Crippen molar-refractivity contribution in [2.45, 2.75) is 12.8 Å². The third-order valence-electron chi connectivity index (χ3n) is 6.31. The molecule has 1 heterocycles. The summed E-state index contributed by atoms with van der Waals surface area (Å²) in [7, 11) is 1.61. The van der Waals surface area contributed by atoms with Crippen molar-refractivity contribution >= 4 is 28.1 Å². The highest BCUT2D eigenvalue weighted by Gasteiger charge is 2.29. The Morgan fingerprint density at radius 2 is 1.61 bits per heavy atom. The van der Waals surface area contributed by atoms with E-state index in [1.165, 1.54) is 5.01 Å². The molecule has 0 radical (unpaired) electrons. The number of nitrogens with zero attached hydrogens (tertiary/aromatic N) is 6. The third-order valence-corrected chi connectivity index (χ3v) is 6.31. The van der Waals surface area contributed by atoms with Crippen LogP contribution in [-0.4, -0.2) is 63.9 Å². The number of nitro groups is 2. The van der Waals surface area contributed by atoms with Crippen LogP contribution >= 0.6 is 0 Å². The predicted octanol–water partition coefficient (Wildman–Crippen LogP) is 3.78. The normalized spacial score (nSPS) is 14.7. The first-order valence-corrected chi connectivity index (χ1v) is 11.6. The van der Waals surface area contributed by atoms with E-state index < -0.39 is 32.9 Å². The zero-order valence-corrected chi connectivity index (χ0v) is 20.6. The number of rotatable bonds is 8. The minimum absolute atomic E-state index is 0.0790. The zero-order valence-electron chi connectivity index (χ0n) is 20.6. The number of piperazine rings is 1. The Labute approximate surface area is 216 Å². The maximum Gasteiger partial charge on any atom is 0.321 e. The first-order chi connectivity index (χ1) is 18.2. The fourth-order valence-electron chi connectivity index (χ4n) is 4.11. The summed E-state index contributed by atoms with van der Waals surface area (Å²) in [6.45, 7) is 2.68. The second-order valence-electron chi connectivity index (χ2n) is 8.57. The Kier molecular flexibility index (Phi) is 7.50. The highest BCUT2D eigenvalue weighted by molar-refractivity contribution is 5.88. The molecule has 0 aliphatic carbocycles. The Bertz CT molecular complexity index is 1420. The van der Waals surface area contributed by atoms with E-state index in [1.54, 1.807) is 12.0 Å². The lowest BCUT2D eigenvalue weighted by molar-refractivity contribution is -0.708. The van der Waals surface area contributed by atoms with Gasteiger partial charge < -0.3 is 14.8 Å². The van der Waals surface area contributed by atoms with Gasteiger partial charge in [0.1, 0.15) is 5.75 Å². The van der Waals surface area contributed by atoms with E-state index in [9.17, 15) is 30.2 Å². The van der Waals surface area contributed by atoms with Gasteiger partial charge in [0.15, 0.2) is 0 Å². The molecule has 0 saturated carbocycles. The monoisotopic (exact) mass is 524 g/mol. The summed E-state index contributed by atoms with van der Waals surface area (Å²) in [4.78, 5) is 40.3. The van der Waals surface area contributed by atoms with Crippen molar-refractivity contribution in [1.82, 2.24) is 9.91 Å². The number of hydrogen-bond acceptors (Lipinski definition) is 9. The summed E-state index contributed by atoms with van der Waals surface area (Å²) < 4.78 is 5.25. The van der Waals surface area contributed by atoms with Gasteiger partial charge in [-0.25, -0.2) is 0 Å². The van der Waals surface area contributed by atoms with Gasteiger partial charge in [-0.3, -0.25) is 29.9 Å². The summed E-state index contributed by atoms with van der Waals surface area (Å²) in [6.07, 6.45) is 0. The molecule has 1 amide bonds. The lowest BCUT2D eigenvalue weighted by atomic mass is 9.96. The van der Waals surface area contributed by atoms with Gasteiger partial charge in [-0.05, 0) is 41.5 Å². The van der Waals surface area contributed by atoms with Gasteiger partial charge in [0, 0.05) is 19.2 Å². The SMILES string of the molecule is COc1ccc2cc(C(C)C(=O)N3CCN(/[N+]([O-])=N/Oc4ccc([N+](=O)[O-])cc4[N+](=O)[O-])CC3)ccc2c1. The molecule has 1 atom stereocenters. The Morgan fingerprint density at radius 1 is 0.921 bits per heavy atom. The maximum absolute atomic E-state index is 13.1. The van der Waals surface area contributed by atoms with E-state index in [0.29, 0.717) is 0 Å². The van der Waals surface area contributed by atoms with E-state index in [1.807, 2.05) is 43.3 Å². The van der Waals surface area contributed by atoms with E-state index in [2.05, 4.69) is 5.28 Å². The molecular formula is C24H24N6O8. The van der Waals surface area contributed by atoms with E-state index in [0.717, 1.165) is 40.3 Å². The van der Waals surface area contributed by atoms with Crippen molar-refractivity contribution in [1.29, 1.82) is 0 Å². The second kappa shape index (κ2) is 10.9. The lowest BCUT2D eigenvalue weighted by Gasteiger charge is -2.33. The van der Waals surface area contributed by atoms with Gasteiger partial charge in [-0.2, -0.15) is 0 Å². The molecule has 198 valence electrons. The predicted molar refractivity (Wildman–Crippen MR) is 134 cm³/mol. The second-order valence-corrected chi connectivity index (χ2v) is 8.57. The summed E-state index contributed by atoms with van der Waals surface area (Å²) in [5, 5.41) is 41.1. The standard InChI is InChI=1S/C24H24N6O8/c1-16(17-3-4-19-14-21(37-2)7-5-18(19)13-17)24(31)26-9-11-27(12-10-26)30(36)25-38-23-8-6-20(28(32)33)15-22(23)29(34)35/h3-8,13-16H,9-12H2,1-2H3/b30-25-. The van der Waals surface area contributed by atoms with Gasteiger partial charge in [-0.15, -0.1) is 5.01 Å². The first-order valence-electron chi connectivity index (χ1n) is 11.6. The smallest absolute Gasteiger partial charge is 0.321 e. The number of carbonyl (C=O) groups excluding carboxylic acids is 1. The van der Waals surface area contributed by atoms with Crippen molar-refractivity contribution in [2.75, 3.05) is 33.3 Å². The minimum Gasteiger partial charge on any atom is -0.569 e. The first kappa shape index (κ1) is 26.1. The largest absolute Gasteiger partial charge is 0.569 e. The van der Waals surface area contributed by atoms with E-state index in [-0.39, 0.29) is 37.1 Å². The molecule has 0 aromatic heterocycles. The van der Waals surface area contributed by atoms with Crippen LogP contribution in [0.1, 0.15) is 18.4 Å². The van der Waals surface area contributed by atoms with Crippen molar-refractivity contribution in [3.63, 3.8) is 0 Å². The van der Waals surface area contributed by atoms with Crippen molar-refractivity contribution in [2.24, 2.45) is 5.28 Å². The quantitative estimate of drug-likeness (QED) is 0.184. The Hall–Kier alpha value is -5.01. The van der Waals surface area contributed by atoms with Crippen LogP contribution in [0.25, 0.3) is 10.8 Å². The number of carbonyl (C=O) groups is 1. The Balaban J connectivity index is 1.37. The number of fused-ring (bicyclic) bond motifs is 1. The highest BCUT2D eigenvalue weighted by Crippen LogP contribution is 2.31. The van der Waals surface area contributed by atoms with Crippen LogP contribution in [0.15, 0.2) is 59.9 Å². The van der Waals surface area contributed by atoms with Gasteiger partial charge in [0.2, 0.25) is 16.9 Å². The number of nitro benzene ring substituents is 2. The summed E-state index contributed by atoms with van der Waals surface area (Å²) in [5.41, 5.74) is -0.329. The number of hydrogen-bond donors (Lipinski definition) is 0. The molecule has 1 saturated heterocycles. The molecule has 38 heavy (non-hydrogen) atoms. The molecule has 1 aliphatic heterocycles. The molecule has 1 aliphatic rings. The average molecular weight is 524 g/mol. The molecule has 14 heteroatoms. The lowest BCUT2D eigenvalue weighted by Crippen LogP contribution is -2.51. The van der Waals surface area contributed by atoms with Gasteiger partial charge >= 0.3 is 5.69 Å². The number of hydrazine groups is 1. The summed E-state index contributed by atoms with van der Waals surface area (Å²) in [6, 6.07) is 14.3. The minimum atomic E-state index is -0.870. The number of methoxy groups -OCH3 is 1. The molecule has 14 nitrogen and oxygen atoms in total. The molecule has 0 bridgehead atoms. The zero-order chi connectivity index (χ0) is 27.4. The molecule has 4 rings (SSSR count). The van der Waals surface area contributed by atoms with Crippen molar-refractivity contribution in [3.05, 3.63) is 85.6 Å². The van der Waals surface area contributed by atoms with Crippen LogP contribution in [0.3, 0.4) is 0 Å². The van der Waals surface area contributed by atoms with Crippen LogP contribution < -0.4 is 9.57 Å². The molecule has 0 N–H and O–H groups in total. The van der Waals surface area contributed by atoms with Crippen LogP contribution in [-0.2, 0) is 4.79 Å². The van der Waals surface area contributed by atoms with Crippen molar-refractivity contribution < 1.29 is 29.2 Å². The third kappa shape index (κ3) is 5.53. The molecule has 0 spiro atoms. The number of ether oxygens (including phenoxy) is 1. The number of amides is 1. The molecule has 3 aromatic rings. The number of benzene rings is 3. The van der Waals surface area contributed by atoms with Gasteiger partial charge in [0.25, 0.3) is 5.69 Å². The van der Waals surface area contributed by atoms with Crippen molar-refractivity contribution in [3.8, 4) is 11.5 Å². The Morgan fingerprint density at radius 3 is 2.26 bits per heavy atom. The fourth-order valence-corrected chi connectivity index (χ4v) is 4.11. The van der Waals surface area contributed by atoms with Crippen LogP contribution in [0.4, 0.5) is 11.4 Å². The molecule has 1 unspecified atom stereocenters.